The lowest BCUT2D eigenvalue weighted by molar-refractivity contribution is -0.163. The van der Waals surface area contributed by atoms with Crippen molar-refractivity contribution in [1.29, 1.82) is 0 Å². The van der Waals surface area contributed by atoms with Gasteiger partial charge >= 0.3 is 12.4 Å². The number of hydrogen-bond donors (Lipinski definition) is 1. The lowest BCUT2D eigenvalue weighted by Crippen LogP contribution is -2.48. The summed E-state index contributed by atoms with van der Waals surface area (Å²) in [7, 11) is 1.31. The summed E-state index contributed by atoms with van der Waals surface area (Å²) in [6.07, 6.45) is -9.01. The zero-order valence-electron chi connectivity index (χ0n) is 19.2. The fourth-order valence-corrected chi connectivity index (χ4v) is 4.92. The van der Waals surface area contributed by atoms with Crippen molar-refractivity contribution in [2.45, 2.75) is 22.1 Å². The van der Waals surface area contributed by atoms with Crippen molar-refractivity contribution in [3.8, 4) is 5.75 Å². The number of amides is 1. The van der Waals surface area contributed by atoms with Crippen molar-refractivity contribution >= 4 is 23.7 Å². The number of aliphatic hydroxyl groups excluding tert-OH is 1. The molecule has 1 aliphatic heterocycles. The minimum absolute atomic E-state index is 0.0407. The number of alkyl halides is 6. The van der Waals surface area contributed by atoms with Gasteiger partial charge in [0.25, 0.3) is 0 Å². The number of aliphatic hydroxyl groups is 1. The zero-order chi connectivity index (χ0) is 26.5. The van der Waals surface area contributed by atoms with Crippen molar-refractivity contribution in [3.05, 3.63) is 59.2 Å². The van der Waals surface area contributed by atoms with E-state index in [0.717, 1.165) is 24.3 Å². The molecule has 0 bridgehead atoms. The largest absolute Gasteiger partial charge is 0.496 e. The van der Waals surface area contributed by atoms with Crippen LogP contribution in [-0.2, 0) is 17.1 Å². The molecule has 5 nitrogen and oxygen atoms in total. The van der Waals surface area contributed by atoms with Gasteiger partial charge in [-0.3, -0.25) is 9.69 Å². The number of carbonyl (C=O) groups is 1. The number of rotatable bonds is 7. The summed E-state index contributed by atoms with van der Waals surface area (Å²) in [6, 6.07) is 7.96. The van der Waals surface area contributed by atoms with E-state index in [1.807, 2.05) is 4.90 Å². The normalized spacial score (nSPS) is 15.5. The van der Waals surface area contributed by atoms with Gasteiger partial charge in [0.15, 0.2) is 0 Å². The molecule has 0 saturated carbocycles. The number of piperazine rings is 1. The fraction of sp³-hybridized carbons (Fsp3) is 0.375. The summed E-state index contributed by atoms with van der Waals surface area (Å²) in [5, 5.41) is 8.99. The van der Waals surface area contributed by atoms with Gasteiger partial charge < -0.3 is 14.7 Å². The third-order valence-corrected chi connectivity index (χ3v) is 6.68. The van der Waals surface area contributed by atoms with Crippen LogP contribution in [0.2, 0.25) is 0 Å². The fourth-order valence-electron chi connectivity index (χ4n) is 3.83. The first kappa shape index (κ1) is 27.9. The molecule has 1 N–H and O–H groups in total. The Morgan fingerprint density at radius 2 is 1.61 bits per heavy atom. The van der Waals surface area contributed by atoms with E-state index in [0.29, 0.717) is 31.4 Å². The molecule has 196 valence electrons. The number of nitrogens with zero attached hydrogens (tertiary/aromatic N) is 2. The highest BCUT2D eigenvalue weighted by atomic mass is 32.2. The Kier molecular flexibility index (Phi) is 8.96. The second-order valence-electron chi connectivity index (χ2n) is 7.88. The Morgan fingerprint density at radius 1 is 0.972 bits per heavy atom. The number of hydrogen-bond acceptors (Lipinski definition) is 5. The average molecular weight is 535 g/mol. The van der Waals surface area contributed by atoms with Crippen LogP contribution in [0.1, 0.15) is 16.7 Å². The summed E-state index contributed by atoms with van der Waals surface area (Å²) >= 11 is 0.516. The highest BCUT2D eigenvalue weighted by Gasteiger charge is 2.46. The number of para-hydroxylation sites is 1. The third kappa shape index (κ3) is 6.74. The molecule has 3 rings (SSSR count). The topological polar surface area (TPSA) is 53.0 Å². The summed E-state index contributed by atoms with van der Waals surface area (Å²) in [4.78, 5) is 15.4. The third-order valence-electron chi connectivity index (χ3n) is 5.56. The standard InChI is InChI=1S/C24H24F6N2O3S/c1-35-17-4-2-3-5-18(17)36-19-8-6-16(21(23(25,26)27)22(19)24(28,29)30)7-9-20(34)32-12-10-31(11-13-32)14-15-33/h2-9,33H,10-15H2,1H3. The monoisotopic (exact) mass is 534 g/mol. The van der Waals surface area contributed by atoms with Gasteiger partial charge in [-0.1, -0.05) is 30.0 Å². The average Bonchev–Trinajstić information content (AvgIpc) is 2.82. The van der Waals surface area contributed by atoms with Gasteiger partial charge in [0, 0.05) is 43.7 Å². The number of halogens is 6. The van der Waals surface area contributed by atoms with Gasteiger partial charge in [-0.25, -0.2) is 0 Å². The van der Waals surface area contributed by atoms with Gasteiger partial charge in [0.1, 0.15) is 5.75 Å². The number of ether oxygens (including phenoxy) is 1. The molecular formula is C24H24F6N2O3S. The van der Waals surface area contributed by atoms with Crippen LogP contribution in [0.3, 0.4) is 0 Å². The lowest BCUT2D eigenvalue weighted by Gasteiger charge is -2.33. The summed E-state index contributed by atoms with van der Waals surface area (Å²) in [5.41, 5.74) is -4.43. The van der Waals surface area contributed by atoms with Crippen molar-refractivity contribution in [1.82, 2.24) is 9.80 Å². The second-order valence-corrected chi connectivity index (χ2v) is 8.96. The second kappa shape index (κ2) is 11.6. The van der Waals surface area contributed by atoms with E-state index in [9.17, 15) is 31.1 Å². The van der Waals surface area contributed by atoms with E-state index in [-0.39, 0.29) is 30.3 Å². The Hall–Kier alpha value is -2.70. The molecule has 0 aliphatic carbocycles. The van der Waals surface area contributed by atoms with E-state index < -0.39 is 39.8 Å². The zero-order valence-corrected chi connectivity index (χ0v) is 20.0. The Balaban J connectivity index is 1.97. The predicted octanol–water partition coefficient (Wildman–Crippen LogP) is 5.03. The smallest absolute Gasteiger partial charge is 0.418 e. The molecule has 0 atom stereocenters. The van der Waals surface area contributed by atoms with Crippen LogP contribution < -0.4 is 4.74 Å². The molecule has 1 fully saturated rings. The van der Waals surface area contributed by atoms with Crippen molar-refractivity contribution in [2.75, 3.05) is 46.4 Å². The minimum Gasteiger partial charge on any atom is -0.496 e. The highest BCUT2D eigenvalue weighted by Crippen LogP contribution is 2.49. The van der Waals surface area contributed by atoms with Crippen molar-refractivity contribution in [3.63, 3.8) is 0 Å². The molecule has 1 aliphatic rings. The van der Waals surface area contributed by atoms with Crippen LogP contribution in [0.4, 0.5) is 26.3 Å². The summed E-state index contributed by atoms with van der Waals surface area (Å²) in [6.45, 7) is 1.92. The first-order valence-electron chi connectivity index (χ1n) is 10.9. The van der Waals surface area contributed by atoms with Gasteiger partial charge in [-0.2, -0.15) is 26.3 Å². The van der Waals surface area contributed by atoms with Gasteiger partial charge in [0.05, 0.1) is 29.7 Å². The number of carbonyl (C=O) groups excluding carboxylic acids is 1. The van der Waals surface area contributed by atoms with Crippen LogP contribution >= 0.6 is 11.8 Å². The number of benzene rings is 2. The Morgan fingerprint density at radius 3 is 2.19 bits per heavy atom. The molecule has 2 aromatic rings. The van der Waals surface area contributed by atoms with Crippen LogP contribution in [-0.4, -0.2) is 67.3 Å². The minimum atomic E-state index is -5.33. The van der Waals surface area contributed by atoms with E-state index in [4.69, 9.17) is 9.84 Å². The van der Waals surface area contributed by atoms with E-state index in [1.165, 1.54) is 30.2 Å². The molecular weight excluding hydrogens is 510 g/mol. The molecule has 0 aromatic heterocycles. The van der Waals surface area contributed by atoms with Gasteiger partial charge in [0.2, 0.25) is 5.91 Å². The van der Waals surface area contributed by atoms with Crippen LogP contribution in [0, 0.1) is 0 Å². The molecule has 12 heteroatoms. The van der Waals surface area contributed by atoms with E-state index in [2.05, 4.69) is 0 Å². The first-order chi connectivity index (χ1) is 17.0. The molecule has 0 spiro atoms. The van der Waals surface area contributed by atoms with Crippen molar-refractivity contribution in [2.24, 2.45) is 0 Å². The maximum Gasteiger partial charge on any atom is 0.418 e. The first-order valence-corrected chi connectivity index (χ1v) is 11.7. The lowest BCUT2D eigenvalue weighted by atomic mass is 9.99. The van der Waals surface area contributed by atoms with Gasteiger partial charge in [-0.15, -0.1) is 0 Å². The molecule has 1 amide bonds. The molecule has 1 saturated heterocycles. The van der Waals surface area contributed by atoms with Crippen LogP contribution in [0.25, 0.3) is 6.08 Å². The maximum absolute atomic E-state index is 14.0. The molecule has 0 radical (unpaired) electrons. The summed E-state index contributed by atoms with van der Waals surface area (Å²) < 4.78 is 89.2. The number of methoxy groups -OCH3 is 1. The Labute approximate surface area is 208 Å². The van der Waals surface area contributed by atoms with E-state index in [1.54, 1.807) is 6.07 Å². The molecule has 0 unspecified atom stereocenters. The molecule has 36 heavy (non-hydrogen) atoms. The predicted molar refractivity (Wildman–Crippen MR) is 123 cm³/mol. The SMILES string of the molecule is COc1ccccc1Sc1ccc(C=CC(=O)N2CCN(CCO)CC2)c(C(F)(F)F)c1C(F)(F)F. The van der Waals surface area contributed by atoms with Crippen molar-refractivity contribution < 1.29 is 41.0 Å². The molecule has 1 heterocycles. The Bertz CT molecular complexity index is 1100. The van der Waals surface area contributed by atoms with Crippen LogP contribution in [0.15, 0.2) is 52.3 Å². The quantitative estimate of drug-likeness (QED) is 0.399. The highest BCUT2D eigenvalue weighted by molar-refractivity contribution is 7.99. The molecule has 2 aromatic carbocycles. The number of β-amino-alcohol motifs (C(OH)–C–C–N with tert-alkyl or cyclic N) is 1. The van der Waals surface area contributed by atoms with Gasteiger partial charge in [-0.05, 0) is 29.8 Å². The summed E-state index contributed by atoms with van der Waals surface area (Å²) in [5.74, 6) is -0.384. The van der Waals surface area contributed by atoms with E-state index >= 15 is 0 Å². The maximum atomic E-state index is 14.0. The van der Waals surface area contributed by atoms with Crippen LogP contribution in [0.5, 0.6) is 5.75 Å².